The molecular weight excluding hydrogens is 298 g/mol. The van der Waals surface area contributed by atoms with Crippen molar-refractivity contribution in [1.29, 1.82) is 0 Å². The fourth-order valence-electron chi connectivity index (χ4n) is 4.03. The standard InChI is InChI=1S/C20H31N3O/c1-19(2)15-20(19,17-7-5-4-6-8-17)16-21-18(24)9-10-23-13-11-22(3)12-14-23/h4-8H,9-16H2,1-3H3,(H,21,24)/t20-/m1/s1. The number of hydrogen-bond acceptors (Lipinski definition) is 3. The molecule has 132 valence electrons. The largest absolute Gasteiger partial charge is 0.355 e. The van der Waals surface area contributed by atoms with Crippen LogP contribution in [0.25, 0.3) is 0 Å². The molecule has 4 heteroatoms. The van der Waals surface area contributed by atoms with Crippen LogP contribution in [0.3, 0.4) is 0 Å². The molecule has 1 aliphatic carbocycles. The fourth-order valence-corrected chi connectivity index (χ4v) is 4.03. The monoisotopic (exact) mass is 329 g/mol. The van der Waals surface area contributed by atoms with Gasteiger partial charge in [0.1, 0.15) is 0 Å². The minimum Gasteiger partial charge on any atom is -0.355 e. The van der Waals surface area contributed by atoms with E-state index in [1.54, 1.807) is 0 Å². The maximum Gasteiger partial charge on any atom is 0.221 e. The average Bonchev–Trinajstić information content (AvgIpc) is 3.16. The smallest absolute Gasteiger partial charge is 0.221 e. The van der Waals surface area contributed by atoms with Crippen LogP contribution in [0.1, 0.15) is 32.3 Å². The summed E-state index contributed by atoms with van der Waals surface area (Å²) < 4.78 is 0. The Hall–Kier alpha value is -1.39. The highest BCUT2D eigenvalue weighted by atomic mass is 16.1. The molecular formula is C20H31N3O. The minimum absolute atomic E-state index is 0.109. The van der Waals surface area contributed by atoms with Crippen LogP contribution in [0.2, 0.25) is 0 Å². The third kappa shape index (κ3) is 3.65. The molecule has 0 aromatic heterocycles. The van der Waals surface area contributed by atoms with Gasteiger partial charge in [-0.25, -0.2) is 0 Å². The number of carbonyl (C=O) groups is 1. The van der Waals surface area contributed by atoms with E-state index in [9.17, 15) is 4.79 Å². The molecule has 1 atom stereocenters. The number of rotatable bonds is 6. The highest BCUT2D eigenvalue weighted by molar-refractivity contribution is 5.76. The fraction of sp³-hybridized carbons (Fsp3) is 0.650. The molecule has 0 bridgehead atoms. The lowest BCUT2D eigenvalue weighted by Gasteiger charge is -2.32. The third-order valence-corrected chi connectivity index (χ3v) is 6.08. The van der Waals surface area contributed by atoms with E-state index in [-0.39, 0.29) is 16.7 Å². The second-order valence-corrected chi connectivity index (χ2v) is 8.18. The number of amides is 1. The molecule has 1 saturated heterocycles. The van der Waals surface area contributed by atoms with Gasteiger partial charge in [-0.1, -0.05) is 44.2 Å². The van der Waals surface area contributed by atoms with Crippen molar-refractivity contribution in [3.63, 3.8) is 0 Å². The Balaban J connectivity index is 1.48. The van der Waals surface area contributed by atoms with Gasteiger partial charge in [0.15, 0.2) is 0 Å². The van der Waals surface area contributed by atoms with E-state index >= 15 is 0 Å². The number of hydrogen-bond donors (Lipinski definition) is 1. The van der Waals surface area contributed by atoms with Gasteiger partial charge in [-0.3, -0.25) is 4.79 Å². The zero-order chi connectivity index (χ0) is 17.2. The Morgan fingerprint density at radius 2 is 1.75 bits per heavy atom. The molecule has 1 aromatic carbocycles. The van der Waals surface area contributed by atoms with Crippen molar-refractivity contribution in [3.8, 4) is 0 Å². The predicted molar refractivity (Wildman–Crippen MR) is 98.1 cm³/mol. The second-order valence-electron chi connectivity index (χ2n) is 8.18. The van der Waals surface area contributed by atoms with Crippen molar-refractivity contribution in [2.75, 3.05) is 46.3 Å². The number of carbonyl (C=O) groups excluding carboxylic acids is 1. The zero-order valence-electron chi connectivity index (χ0n) is 15.3. The van der Waals surface area contributed by atoms with Crippen molar-refractivity contribution < 1.29 is 4.79 Å². The summed E-state index contributed by atoms with van der Waals surface area (Å²) in [6.07, 6.45) is 1.75. The lowest BCUT2D eigenvalue weighted by atomic mass is 9.88. The molecule has 4 nitrogen and oxygen atoms in total. The van der Waals surface area contributed by atoms with Crippen LogP contribution in [0, 0.1) is 5.41 Å². The van der Waals surface area contributed by atoms with E-state index in [1.807, 2.05) is 0 Å². The summed E-state index contributed by atoms with van der Waals surface area (Å²) in [4.78, 5) is 17.1. The summed E-state index contributed by atoms with van der Waals surface area (Å²) in [5.74, 6) is 0.187. The Bertz CT molecular complexity index is 564. The molecule has 1 aromatic rings. The quantitative estimate of drug-likeness (QED) is 0.868. The third-order valence-electron chi connectivity index (χ3n) is 6.08. The van der Waals surface area contributed by atoms with Crippen molar-refractivity contribution in [1.82, 2.24) is 15.1 Å². The topological polar surface area (TPSA) is 35.6 Å². The maximum atomic E-state index is 12.3. The number of benzene rings is 1. The maximum absolute atomic E-state index is 12.3. The zero-order valence-corrected chi connectivity index (χ0v) is 15.3. The molecule has 1 saturated carbocycles. The first kappa shape index (κ1) is 17.4. The average molecular weight is 329 g/mol. The Labute approximate surface area is 146 Å². The Kier molecular flexibility index (Phi) is 4.97. The first-order chi connectivity index (χ1) is 11.4. The lowest BCUT2D eigenvalue weighted by molar-refractivity contribution is -0.121. The van der Waals surface area contributed by atoms with E-state index in [2.05, 4.69) is 66.3 Å². The number of piperazine rings is 1. The van der Waals surface area contributed by atoms with Gasteiger partial charge in [0.2, 0.25) is 5.91 Å². The summed E-state index contributed by atoms with van der Waals surface area (Å²) in [5.41, 5.74) is 1.73. The number of nitrogens with one attached hydrogen (secondary N) is 1. The summed E-state index contributed by atoms with van der Waals surface area (Å²) in [7, 11) is 2.16. The van der Waals surface area contributed by atoms with E-state index < -0.39 is 0 Å². The molecule has 0 spiro atoms. The van der Waals surface area contributed by atoms with Gasteiger partial charge in [0, 0.05) is 51.1 Å². The van der Waals surface area contributed by atoms with E-state index in [0.717, 1.165) is 45.7 Å². The summed E-state index contributed by atoms with van der Waals surface area (Å²) in [5, 5.41) is 3.21. The van der Waals surface area contributed by atoms with Crippen LogP contribution in [-0.2, 0) is 10.2 Å². The van der Waals surface area contributed by atoms with Crippen LogP contribution in [0.4, 0.5) is 0 Å². The van der Waals surface area contributed by atoms with Gasteiger partial charge >= 0.3 is 0 Å². The van der Waals surface area contributed by atoms with Crippen molar-refractivity contribution in [3.05, 3.63) is 35.9 Å². The summed E-state index contributed by atoms with van der Waals surface area (Å²) in [6.45, 7) is 10.6. The van der Waals surface area contributed by atoms with E-state index in [1.165, 1.54) is 5.56 Å². The van der Waals surface area contributed by atoms with Gasteiger partial charge in [-0.05, 0) is 24.4 Å². The molecule has 2 fully saturated rings. The number of nitrogens with zero attached hydrogens (tertiary/aromatic N) is 2. The van der Waals surface area contributed by atoms with Crippen LogP contribution in [0.5, 0.6) is 0 Å². The van der Waals surface area contributed by atoms with Gasteiger partial charge in [-0.2, -0.15) is 0 Å². The first-order valence-electron chi connectivity index (χ1n) is 9.16. The van der Waals surface area contributed by atoms with Gasteiger partial charge in [0.05, 0.1) is 0 Å². The van der Waals surface area contributed by atoms with E-state index in [4.69, 9.17) is 0 Å². The minimum atomic E-state index is 0.109. The van der Waals surface area contributed by atoms with Crippen LogP contribution < -0.4 is 5.32 Å². The van der Waals surface area contributed by atoms with Gasteiger partial charge in [-0.15, -0.1) is 0 Å². The Morgan fingerprint density at radius 1 is 1.12 bits per heavy atom. The van der Waals surface area contributed by atoms with E-state index in [0.29, 0.717) is 6.42 Å². The first-order valence-corrected chi connectivity index (χ1v) is 9.16. The highest BCUT2D eigenvalue weighted by Crippen LogP contribution is 2.63. The molecule has 24 heavy (non-hydrogen) atoms. The molecule has 1 amide bonds. The van der Waals surface area contributed by atoms with Crippen LogP contribution in [0.15, 0.2) is 30.3 Å². The normalized spacial score (nSPS) is 27.0. The number of likely N-dealkylation sites (N-methyl/N-ethyl adjacent to an activating group) is 1. The highest BCUT2D eigenvalue weighted by Gasteiger charge is 2.61. The van der Waals surface area contributed by atoms with Gasteiger partial charge < -0.3 is 15.1 Å². The second kappa shape index (κ2) is 6.85. The van der Waals surface area contributed by atoms with Crippen LogP contribution in [-0.4, -0.2) is 62.0 Å². The van der Waals surface area contributed by atoms with Gasteiger partial charge in [0.25, 0.3) is 0 Å². The molecule has 0 unspecified atom stereocenters. The molecule has 3 rings (SSSR count). The molecule has 1 N–H and O–H groups in total. The summed E-state index contributed by atoms with van der Waals surface area (Å²) >= 11 is 0. The molecule has 0 radical (unpaired) electrons. The van der Waals surface area contributed by atoms with Crippen LogP contribution >= 0.6 is 0 Å². The van der Waals surface area contributed by atoms with Crippen molar-refractivity contribution in [2.45, 2.75) is 32.1 Å². The Morgan fingerprint density at radius 3 is 2.33 bits per heavy atom. The predicted octanol–water partition coefficient (Wildman–Crippen LogP) is 2.11. The molecule has 1 heterocycles. The lowest BCUT2D eigenvalue weighted by Crippen LogP contribution is -2.45. The SMILES string of the molecule is CN1CCN(CCC(=O)NC[C@@]2(c3ccccc3)CC2(C)C)CC1. The summed E-state index contributed by atoms with van der Waals surface area (Å²) in [6, 6.07) is 10.7. The van der Waals surface area contributed by atoms with Crippen molar-refractivity contribution >= 4 is 5.91 Å². The molecule has 2 aliphatic rings. The molecule has 1 aliphatic heterocycles. The van der Waals surface area contributed by atoms with Crippen molar-refractivity contribution in [2.24, 2.45) is 5.41 Å².